The Bertz CT molecular complexity index is 474. The third-order valence-electron chi connectivity index (χ3n) is 2.69. The Morgan fingerprint density at radius 3 is 2.20 bits per heavy atom. The van der Waals surface area contributed by atoms with Crippen LogP contribution >= 0.6 is 0 Å². The van der Waals surface area contributed by atoms with Gasteiger partial charge < -0.3 is 15.2 Å². The van der Waals surface area contributed by atoms with Crippen LogP contribution < -0.4 is 10.1 Å². The van der Waals surface area contributed by atoms with Gasteiger partial charge in [0.25, 0.3) is 0 Å². The van der Waals surface area contributed by atoms with Crippen LogP contribution in [0.2, 0.25) is 0 Å². The number of aliphatic carboxylic acids is 1. The Balaban J connectivity index is 2.83. The molecule has 1 amide bonds. The van der Waals surface area contributed by atoms with Gasteiger partial charge in [-0.3, -0.25) is 4.79 Å². The first-order valence-electron chi connectivity index (χ1n) is 6.39. The van der Waals surface area contributed by atoms with Gasteiger partial charge >= 0.3 is 5.97 Å². The molecule has 5 heteroatoms. The van der Waals surface area contributed by atoms with Crippen molar-refractivity contribution in [2.24, 2.45) is 5.41 Å². The quantitative estimate of drug-likeness (QED) is 0.867. The molecule has 0 saturated heterocycles. The number of rotatable bonds is 5. The fourth-order valence-corrected chi connectivity index (χ4v) is 1.78. The molecule has 20 heavy (non-hydrogen) atoms. The van der Waals surface area contributed by atoms with E-state index < -0.39 is 12.0 Å². The molecule has 0 aliphatic heterocycles. The van der Waals surface area contributed by atoms with E-state index in [1.54, 1.807) is 24.3 Å². The number of carbonyl (C=O) groups is 2. The molecule has 0 aromatic heterocycles. The molecule has 0 fully saturated rings. The summed E-state index contributed by atoms with van der Waals surface area (Å²) in [7, 11) is 1.54. The first-order chi connectivity index (χ1) is 9.23. The number of carbonyl (C=O) groups excluding carboxylic acids is 1. The highest BCUT2D eigenvalue weighted by Gasteiger charge is 2.24. The molecule has 110 valence electrons. The third kappa shape index (κ3) is 4.91. The minimum atomic E-state index is -1.09. The predicted molar refractivity (Wildman–Crippen MR) is 75.6 cm³/mol. The lowest BCUT2D eigenvalue weighted by Gasteiger charge is -2.20. The monoisotopic (exact) mass is 279 g/mol. The Labute approximate surface area is 118 Å². The van der Waals surface area contributed by atoms with Crippen LogP contribution in [0.3, 0.4) is 0 Å². The number of benzene rings is 1. The summed E-state index contributed by atoms with van der Waals surface area (Å²) in [6.07, 6.45) is 0.271. The van der Waals surface area contributed by atoms with E-state index >= 15 is 0 Å². The maximum Gasteiger partial charge on any atom is 0.330 e. The normalized spacial score (nSPS) is 12.6. The number of hydrogen-bond acceptors (Lipinski definition) is 3. The molecule has 0 spiro atoms. The molecule has 1 rings (SSSR count). The fourth-order valence-electron chi connectivity index (χ4n) is 1.78. The second kappa shape index (κ2) is 6.41. The average molecular weight is 279 g/mol. The van der Waals surface area contributed by atoms with Gasteiger partial charge in [0.2, 0.25) is 5.91 Å². The molecule has 5 nitrogen and oxygen atoms in total. The van der Waals surface area contributed by atoms with Crippen molar-refractivity contribution in [2.45, 2.75) is 33.2 Å². The number of carboxylic acids is 1. The van der Waals surface area contributed by atoms with E-state index in [9.17, 15) is 14.7 Å². The number of ether oxygens (including phenoxy) is 1. The summed E-state index contributed by atoms with van der Waals surface area (Å²) in [5, 5.41) is 11.8. The van der Waals surface area contributed by atoms with E-state index in [4.69, 9.17) is 4.74 Å². The van der Waals surface area contributed by atoms with E-state index in [0.717, 1.165) is 0 Å². The predicted octanol–water partition coefficient (Wildman–Crippen LogP) is 2.37. The first-order valence-corrected chi connectivity index (χ1v) is 6.39. The molecule has 2 N–H and O–H groups in total. The number of carboxylic acid groups (broad SMARTS) is 1. The molecular weight excluding hydrogens is 258 g/mol. The zero-order valence-electron chi connectivity index (χ0n) is 12.3. The van der Waals surface area contributed by atoms with Crippen LogP contribution in [0.25, 0.3) is 0 Å². The summed E-state index contributed by atoms with van der Waals surface area (Å²) in [4.78, 5) is 23.2. The molecule has 1 aromatic carbocycles. The van der Waals surface area contributed by atoms with E-state index in [1.165, 1.54) is 7.11 Å². The van der Waals surface area contributed by atoms with Gasteiger partial charge in [0.15, 0.2) is 6.04 Å². The van der Waals surface area contributed by atoms with Gasteiger partial charge in [-0.15, -0.1) is 0 Å². The zero-order chi connectivity index (χ0) is 15.3. The maximum atomic E-state index is 11.9. The minimum Gasteiger partial charge on any atom is -0.497 e. The Morgan fingerprint density at radius 2 is 1.80 bits per heavy atom. The van der Waals surface area contributed by atoms with Crippen molar-refractivity contribution in [3.63, 3.8) is 0 Å². The van der Waals surface area contributed by atoms with Crippen molar-refractivity contribution < 1.29 is 19.4 Å². The summed E-state index contributed by atoms with van der Waals surface area (Å²) < 4.78 is 5.02. The molecule has 1 unspecified atom stereocenters. The maximum absolute atomic E-state index is 11.9. The van der Waals surface area contributed by atoms with Gasteiger partial charge in [0.05, 0.1) is 7.11 Å². The minimum absolute atomic E-state index is 0.187. The van der Waals surface area contributed by atoms with Crippen LogP contribution in [0, 0.1) is 5.41 Å². The van der Waals surface area contributed by atoms with Crippen molar-refractivity contribution in [2.75, 3.05) is 7.11 Å². The van der Waals surface area contributed by atoms with Crippen molar-refractivity contribution in [3.8, 4) is 5.75 Å². The van der Waals surface area contributed by atoms with E-state index in [1.807, 2.05) is 20.8 Å². The second-order valence-corrected chi connectivity index (χ2v) is 5.85. The molecule has 0 aliphatic carbocycles. The van der Waals surface area contributed by atoms with Gasteiger partial charge in [0.1, 0.15) is 5.75 Å². The van der Waals surface area contributed by atoms with Crippen LogP contribution in [0.1, 0.15) is 38.8 Å². The van der Waals surface area contributed by atoms with Crippen molar-refractivity contribution in [1.82, 2.24) is 5.32 Å². The van der Waals surface area contributed by atoms with Crippen molar-refractivity contribution in [3.05, 3.63) is 29.8 Å². The summed E-state index contributed by atoms with van der Waals surface area (Å²) in [6, 6.07) is 5.56. The molecular formula is C15H21NO4. The molecule has 0 heterocycles. The van der Waals surface area contributed by atoms with Gasteiger partial charge in [-0.05, 0) is 23.1 Å². The molecule has 1 atom stereocenters. The zero-order valence-corrected chi connectivity index (χ0v) is 12.3. The van der Waals surface area contributed by atoms with E-state index in [2.05, 4.69) is 5.32 Å². The number of amides is 1. The summed E-state index contributed by atoms with van der Waals surface area (Å²) >= 11 is 0. The average Bonchev–Trinajstić information content (AvgIpc) is 2.34. The number of hydrogen-bond donors (Lipinski definition) is 2. The summed E-state index contributed by atoms with van der Waals surface area (Å²) in [5.41, 5.74) is 0.327. The SMILES string of the molecule is COc1ccc(C(NC(=O)CC(C)(C)C)C(=O)O)cc1. The van der Waals surface area contributed by atoms with Gasteiger partial charge in [-0.25, -0.2) is 4.79 Å². The van der Waals surface area contributed by atoms with E-state index in [-0.39, 0.29) is 17.7 Å². The van der Waals surface area contributed by atoms with Gasteiger partial charge in [-0.1, -0.05) is 32.9 Å². The number of nitrogens with one attached hydrogen (secondary N) is 1. The van der Waals surface area contributed by atoms with E-state index in [0.29, 0.717) is 11.3 Å². The Morgan fingerprint density at radius 1 is 1.25 bits per heavy atom. The topological polar surface area (TPSA) is 75.6 Å². The van der Waals surface area contributed by atoms with Crippen LogP contribution in [-0.4, -0.2) is 24.1 Å². The lowest BCUT2D eigenvalue weighted by molar-refractivity contribution is -0.142. The number of methoxy groups -OCH3 is 1. The summed E-state index contributed by atoms with van der Waals surface area (Å²) in [5.74, 6) is -0.725. The summed E-state index contributed by atoms with van der Waals surface area (Å²) in [6.45, 7) is 5.78. The molecule has 0 saturated carbocycles. The standard InChI is InChI=1S/C15H21NO4/c1-15(2,3)9-12(17)16-13(14(18)19)10-5-7-11(20-4)8-6-10/h5-8,13H,9H2,1-4H3,(H,16,17)(H,18,19). The molecule has 1 aromatic rings. The van der Waals surface area contributed by atoms with Crippen molar-refractivity contribution >= 4 is 11.9 Å². The lowest BCUT2D eigenvalue weighted by atomic mass is 9.91. The van der Waals surface area contributed by atoms with Gasteiger partial charge in [0, 0.05) is 6.42 Å². The van der Waals surface area contributed by atoms with Crippen molar-refractivity contribution in [1.29, 1.82) is 0 Å². The highest BCUT2D eigenvalue weighted by atomic mass is 16.5. The third-order valence-corrected chi connectivity index (χ3v) is 2.69. The second-order valence-electron chi connectivity index (χ2n) is 5.85. The Kier molecular flexibility index (Phi) is 5.13. The smallest absolute Gasteiger partial charge is 0.330 e. The highest BCUT2D eigenvalue weighted by molar-refractivity contribution is 5.84. The molecule has 0 aliphatic rings. The van der Waals surface area contributed by atoms with Crippen LogP contribution in [0.5, 0.6) is 5.75 Å². The first kappa shape index (κ1) is 16.0. The van der Waals surface area contributed by atoms with Gasteiger partial charge in [-0.2, -0.15) is 0 Å². The van der Waals surface area contributed by atoms with Crippen LogP contribution in [-0.2, 0) is 9.59 Å². The fraction of sp³-hybridized carbons (Fsp3) is 0.467. The Hall–Kier alpha value is -2.04. The highest BCUT2D eigenvalue weighted by Crippen LogP contribution is 2.21. The lowest BCUT2D eigenvalue weighted by Crippen LogP contribution is -2.35. The molecule has 0 bridgehead atoms. The molecule has 0 radical (unpaired) electrons. The largest absolute Gasteiger partial charge is 0.497 e. The van der Waals surface area contributed by atoms with Crippen LogP contribution in [0.4, 0.5) is 0 Å². The van der Waals surface area contributed by atoms with Crippen LogP contribution in [0.15, 0.2) is 24.3 Å².